The predicted octanol–water partition coefficient (Wildman–Crippen LogP) is -0.185. The van der Waals surface area contributed by atoms with Crippen LogP contribution in [0.4, 0.5) is 0 Å². The fraction of sp³-hybridized carbons (Fsp3) is 0.875. The van der Waals surface area contributed by atoms with Crippen LogP contribution in [-0.4, -0.2) is 31.1 Å². The van der Waals surface area contributed by atoms with E-state index in [4.69, 9.17) is 5.84 Å². The summed E-state index contributed by atoms with van der Waals surface area (Å²) in [6.07, 6.45) is 4.93. The first-order valence-electron chi connectivity index (χ1n) is 4.71. The van der Waals surface area contributed by atoms with Crippen molar-refractivity contribution in [1.82, 2.24) is 15.9 Å². The average molecular weight is 185 g/mol. The Hall–Kier alpha value is -0.810. The van der Waals surface area contributed by atoms with E-state index >= 15 is 0 Å². The minimum atomic E-state index is 0.443. The van der Waals surface area contributed by atoms with Crippen molar-refractivity contribution in [3.05, 3.63) is 0 Å². The first-order valence-corrected chi connectivity index (χ1v) is 4.71. The van der Waals surface area contributed by atoms with Crippen LogP contribution in [0.15, 0.2) is 4.99 Å². The lowest BCUT2D eigenvalue weighted by molar-refractivity contribution is 0.354. The first-order chi connectivity index (χ1) is 6.22. The Bertz CT molecular complexity index is 171. The SMILES string of the molecule is CN(C)NC(=NC1CCCC1)NN. The van der Waals surface area contributed by atoms with Crippen LogP contribution in [0.5, 0.6) is 0 Å². The number of hydrogen-bond acceptors (Lipinski definition) is 3. The van der Waals surface area contributed by atoms with Crippen molar-refractivity contribution in [2.45, 2.75) is 31.7 Å². The van der Waals surface area contributed by atoms with Gasteiger partial charge in [-0.15, -0.1) is 0 Å². The molecule has 76 valence electrons. The average Bonchev–Trinajstić information content (AvgIpc) is 2.55. The van der Waals surface area contributed by atoms with E-state index in [1.807, 2.05) is 19.1 Å². The summed E-state index contributed by atoms with van der Waals surface area (Å²) in [7, 11) is 3.81. The summed E-state index contributed by atoms with van der Waals surface area (Å²) in [5.41, 5.74) is 5.56. The van der Waals surface area contributed by atoms with Crippen LogP contribution in [0.25, 0.3) is 0 Å². The lowest BCUT2D eigenvalue weighted by Crippen LogP contribution is -2.48. The lowest BCUT2D eigenvalue weighted by Gasteiger charge is -2.16. The zero-order valence-corrected chi connectivity index (χ0v) is 8.38. The fourth-order valence-electron chi connectivity index (χ4n) is 1.53. The molecule has 1 aliphatic rings. The van der Waals surface area contributed by atoms with Crippen molar-refractivity contribution in [2.24, 2.45) is 10.8 Å². The van der Waals surface area contributed by atoms with E-state index in [1.54, 1.807) is 0 Å². The van der Waals surface area contributed by atoms with Crippen molar-refractivity contribution in [1.29, 1.82) is 0 Å². The van der Waals surface area contributed by atoms with Gasteiger partial charge >= 0.3 is 0 Å². The van der Waals surface area contributed by atoms with Gasteiger partial charge in [-0.3, -0.25) is 10.9 Å². The molecule has 0 aliphatic heterocycles. The molecule has 0 amide bonds. The summed E-state index contributed by atoms with van der Waals surface area (Å²) in [4.78, 5) is 4.46. The minimum absolute atomic E-state index is 0.443. The molecule has 0 aromatic heterocycles. The van der Waals surface area contributed by atoms with Gasteiger partial charge in [-0.2, -0.15) is 0 Å². The Morgan fingerprint density at radius 3 is 2.46 bits per heavy atom. The van der Waals surface area contributed by atoms with E-state index in [0.717, 1.165) is 0 Å². The first kappa shape index (κ1) is 10.3. The predicted molar refractivity (Wildman–Crippen MR) is 53.8 cm³/mol. The minimum Gasteiger partial charge on any atom is -0.293 e. The lowest BCUT2D eigenvalue weighted by atomic mass is 10.3. The molecule has 0 aromatic rings. The van der Waals surface area contributed by atoms with Gasteiger partial charge in [0.2, 0.25) is 5.96 Å². The molecular formula is C8H19N5. The molecule has 1 saturated carbocycles. The largest absolute Gasteiger partial charge is 0.293 e. The molecule has 1 aliphatic carbocycles. The van der Waals surface area contributed by atoms with Gasteiger partial charge in [0.1, 0.15) is 0 Å². The van der Waals surface area contributed by atoms with Gasteiger partial charge in [0, 0.05) is 14.1 Å². The molecule has 0 heterocycles. The monoisotopic (exact) mass is 185 g/mol. The summed E-state index contributed by atoms with van der Waals surface area (Å²) in [5.74, 6) is 5.98. The van der Waals surface area contributed by atoms with Crippen molar-refractivity contribution in [3.63, 3.8) is 0 Å². The summed E-state index contributed by atoms with van der Waals surface area (Å²) in [6, 6.07) is 0.443. The number of hydrogen-bond donors (Lipinski definition) is 3. The van der Waals surface area contributed by atoms with Crippen LogP contribution in [0.2, 0.25) is 0 Å². The Labute approximate surface area is 79.3 Å². The van der Waals surface area contributed by atoms with Gasteiger partial charge in [0.05, 0.1) is 6.04 Å². The molecule has 0 aromatic carbocycles. The highest BCUT2D eigenvalue weighted by Gasteiger charge is 2.14. The Morgan fingerprint density at radius 2 is 2.00 bits per heavy atom. The molecule has 0 saturated heterocycles. The molecule has 0 radical (unpaired) electrons. The molecule has 1 rings (SSSR count). The van der Waals surface area contributed by atoms with E-state index in [2.05, 4.69) is 15.8 Å². The van der Waals surface area contributed by atoms with Gasteiger partial charge in [-0.1, -0.05) is 12.8 Å². The standard InChI is InChI=1S/C8H19N5/c1-13(2)12-8(11-9)10-7-5-3-4-6-7/h7H,3-6,9H2,1-2H3,(H2,10,11,12). The molecule has 13 heavy (non-hydrogen) atoms. The Balaban J connectivity index is 2.43. The van der Waals surface area contributed by atoms with Crippen LogP contribution < -0.4 is 16.7 Å². The zero-order chi connectivity index (χ0) is 9.68. The van der Waals surface area contributed by atoms with E-state index in [0.29, 0.717) is 12.0 Å². The van der Waals surface area contributed by atoms with Gasteiger partial charge in [-0.25, -0.2) is 15.8 Å². The van der Waals surface area contributed by atoms with E-state index < -0.39 is 0 Å². The van der Waals surface area contributed by atoms with Crippen LogP contribution in [0, 0.1) is 0 Å². The highest BCUT2D eigenvalue weighted by atomic mass is 15.5. The molecule has 0 bridgehead atoms. The van der Waals surface area contributed by atoms with Gasteiger partial charge in [-0.05, 0) is 12.8 Å². The van der Waals surface area contributed by atoms with Crippen LogP contribution in [-0.2, 0) is 0 Å². The number of nitrogens with zero attached hydrogens (tertiary/aromatic N) is 2. The number of nitrogens with one attached hydrogen (secondary N) is 2. The number of rotatable bonds is 2. The van der Waals surface area contributed by atoms with Gasteiger partial charge < -0.3 is 0 Å². The topological polar surface area (TPSA) is 65.7 Å². The van der Waals surface area contributed by atoms with E-state index in [9.17, 15) is 0 Å². The van der Waals surface area contributed by atoms with Crippen molar-refractivity contribution in [2.75, 3.05) is 14.1 Å². The molecule has 5 heteroatoms. The number of nitrogens with two attached hydrogens (primary N) is 1. The maximum absolute atomic E-state index is 5.33. The molecule has 0 atom stereocenters. The second-order valence-corrected chi connectivity index (χ2v) is 3.57. The molecule has 0 unspecified atom stereocenters. The normalized spacial score (nSPS) is 19.5. The summed E-state index contributed by atoms with van der Waals surface area (Å²) < 4.78 is 0. The van der Waals surface area contributed by atoms with Crippen molar-refractivity contribution >= 4 is 5.96 Å². The number of guanidine groups is 1. The third-order valence-electron chi connectivity index (χ3n) is 2.10. The zero-order valence-electron chi connectivity index (χ0n) is 8.38. The maximum Gasteiger partial charge on any atom is 0.220 e. The number of hydrazine groups is 2. The van der Waals surface area contributed by atoms with Crippen LogP contribution in [0.1, 0.15) is 25.7 Å². The smallest absolute Gasteiger partial charge is 0.220 e. The Kier molecular flexibility index (Phi) is 3.98. The second kappa shape index (κ2) is 5.04. The number of aliphatic imine (C=N–C) groups is 1. The van der Waals surface area contributed by atoms with E-state index in [1.165, 1.54) is 25.7 Å². The second-order valence-electron chi connectivity index (χ2n) is 3.57. The van der Waals surface area contributed by atoms with Crippen LogP contribution >= 0.6 is 0 Å². The molecule has 1 fully saturated rings. The molecular weight excluding hydrogens is 166 g/mol. The van der Waals surface area contributed by atoms with E-state index in [-0.39, 0.29) is 0 Å². The highest BCUT2D eigenvalue weighted by molar-refractivity contribution is 5.78. The molecule has 5 nitrogen and oxygen atoms in total. The quantitative estimate of drug-likeness (QED) is 0.241. The maximum atomic E-state index is 5.33. The summed E-state index contributed by atoms with van der Waals surface area (Å²) in [6.45, 7) is 0. The van der Waals surface area contributed by atoms with Gasteiger partial charge in [0.15, 0.2) is 0 Å². The fourth-order valence-corrected chi connectivity index (χ4v) is 1.53. The van der Waals surface area contributed by atoms with Crippen molar-refractivity contribution in [3.8, 4) is 0 Å². The summed E-state index contributed by atoms with van der Waals surface area (Å²) in [5, 5.41) is 1.81. The molecule has 4 N–H and O–H groups in total. The Morgan fingerprint density at radius 1 is 1.38 bits per heavy atom. The third-order valence-corrected chi connectivity index (χ3v) is 2.10. The van der Waals surface area contributed by atoms with Gasteiger partial charge in [0.25, 0.3) is 0 Å². The van der Waals surface area contributed by atoms with Crippen molar-refractivity contribution < 1.29 is 0 Å². The van der Waals surface area contributed by atoms with Crippen LogP contribution in [0.3, 0.4) is 0 Å². The highest BCUT2D eigenvalue weighted by Crippen LogP contribution is 2.20. The molecule has 0 spiro atoms. The summed E-state index contributed by atoms with van der Waals surface area (Å²) >= 11 is 0. The third kappa shape index (κ3) is 3.61.